The van der Waals surface area contributed by atoms with Crippen LogP contribution in [0.15, 0.2) is 54.1 Å². The summed E-state index contributed by atoms with van der Waals surface area (Å²) in [6.07, 6.45) is 0. The normalized spacial score (nSPS) is 20.8. The summed E-state index contributed by atoms with van der Waals surface area (Å²) in [7, 11) is 3.10. The lowest BCUT2D eigenvalue weighted by molar-refractivity contribution is -0.140. The minimum Gasteiger partial charge on any atom is -0.507 e. The molecule has 1 N–H and O–H groups in total. The first-order valence-electron chi connectivity index (χ1n) is 10.9. The Morgan fingerprint density at radius 1 is 1.00 bits per heavy atom. The van der Waals surface area contributed by atoms with Gasteiger partial charge >= 0.3 is 0 Å². The fourth-order valence-corrected chi connectivity index (χ4v) is 4.24. The average Bonchev–Trinajstić information content (AvgIpc) is 3.12. The summed E-state index contributed by atoms with van der Waals surface area (Å²) in [4.78, 5) is 30.0. The summed E-state index contributed by atoms with van der Waals surface area (Å²) in [6.45, 7) is 3.83. The molecule has 33 heavy (non-hydrogen) atoms. The second kappa shape index (κ2) is 10.1. The molecule has 1 unspecified atom stereocenters. The van der Waals surface area contributed by atoms with Crippen LogP contribution in [0.5, 0.6) is 11.5 Å². The summed E-state index contributed by atoms with van der Waals surface area (Å²) >= 11 is 0. The minimum atomic E-state index is -0.705. The van der Waals surface area contributed by atoms with E-state index in [0.717, 1.165) is 18.7 Å². The molecule has 1 amide bonds. The van der Waals surface area contributed by atoms with Gasteiger partial charge in [-0.25, -0.2) is 0 Å². The number of rotatable bonds is 7. The minimum absolute atomic E-state index is 0.0698. The molecule has 0 aromatic heterocycles. The zero-order chi connectivity index (χ0) is 23.4. The van der Waals surface area contributed by atoms with E-state index >= 15 is 0 Å². The number of likely N-dealkylation sites (tertiary alicyclic amines) is 1. The highest BCUT2D eigenvalue weighted by atomic mass is 16.5. The third-order valence-electron chi connectivity index (χ3n) is 6.08. The predicted octanol–water partition coefficient (Wildman–Crippen LogP) is 2.46. The SMILES string of the molecule is COc1ccc(C2/C(=C(\O)c3cccc(OC)c3)C(=O)C(=O)N2CCN2CCOCC2)cc1. The number of ketones is 1. The molecule has 0 radical (unpaired) electrons. The summed E-state index contributed by atoms with van der Waals surface area (Å²) in [5.41, 5.74) is 1.21. The molecule has 2 heterocycles. The summed E-state index contributed by atoms with van der Waals surface area (Å²) < 4.78 is 15.9. The maximum absolute atomic E-state index is 13.1. The second-order valence-corrected chi connectivity index (χ2v) is 7.95. The molecule has 2 aliphatic heterocycles. The number of methoxy groups -OCH3 is 2. The topological polar surface area (TPSA) is 88.5 Å². The Kier molecular flexibility index (Phi) is 6.96. The van der Waals surface area contributed by atoms with Crippen LogP contribution in [0.2, 0.25) is 0 Å². The monoisotopic (exact) mass is 452 g/mol. The standard InChI is InChI=1S/C25H28N2O6/c1-31-19-8-6-17(7-9-19)22-21(23(28)18-4-3-5-20(16-18)32-2)24(29)25(30)27(22)11-10-26-12-14-33-15-13-26/h3-9,16,22,28H,10-15H2,1-2H3/b23-21+. The first kappa shape index (κ1) is 22.8. The molecule has 0 bridgehead atoms. The van der Waals surface area contributed by atoms with E-state index in [1.54, 1.807) is 48.4 Å². The smallest absolute Gasteiger partial charge is 0.295 e. The van der Waals surface area contributed by atoms with Gasteiger partial charge in [0.15, 0.2) is 0 Å². The van der Waals surface area contributed by atoms with E-state index in [9.17, 15) is 14.7 Å². The zero-order valence-electron chi connectivity index (χ0n) is 18.8. The molecule has 1 atom stereocenters. The summed E-state index contributed by atoms with van der Waals surface area (Å²) in [5, 5.41) is 11.2. The van der Waals surface area contributed by atoms with Crippen LogP contribution in [0.1, 0.15) is 17.2 Å². The van der Waals surface area contributed by atoms with Crippen molar-refractivity contribution < 1.29 is 28.9 Å². The van der Waals surface area contributed by atoms with Crippen molar-refractivity contribution in [3.05, 3.63) is 65.2 Å². The molecule has 4 rings (SSSR count). The molecule has 174 valence electrons. The van der Waals surface area contributed by atoms with Crippen LogP contribution in [-0.2, 0) is 14.3 Å². The van der Waals surface area contributed by atoms with Crippen LogP contribution >= 0.6 is 0 Å². The van der Waals surface area contributed by atoms with E-state index in [0.29, 0.717) is 43.4 Å². The van der Waals surface area contributed by atoms with Crippen LogP contribution in [-0.4, -0.2) is 80.2 Å². The number of aliphatic hydroxyl groups excluding tert-OH is 1. The number of amides is 1. The Hall–Kier alpha value is -3.36. The first-order chi connectivity index (χ1) is 16.0. The summed E-state index contributed by atoms with van der Waals surface area (Å²) in [6, 6.07) is 13.3. The van der Waals surface area contributed by atoms with Gasteiger partial charge in [0.1, 0.15) is 17.3 Å². The lowest BCUT2D eigenvalue weighted by atomic mass is 9.95. The third kappa shape index (κ3) is 4.72. The van der Waals surface area contributed by atoms with Gasteiger partial charge < -0.3 is 24.2 Å². The number of hydrogen-bond donors (Lipinski definition) is 1. The second-order valence-electron chi connectivity index (χ2n) is 7.95. The van der Waals surface area contributed by atoms with Gasteiger partial charge in [-0.3, -0.25) is 14.5 Å². The number of nitrogens with zero attached hydrogens (tertiary/aromatic N) is 2. The highest BCUT2D eigenvalue weighted by molar-refractivity contribution is 6.46. The van der Waals surface area contributed by atoms with Gasteiger partial charge in [-0.1, -0.05) is 24.3 Å². The molecule has 0 saturated carbocycles. The molecule has 2 aromatic rings. The molecule has 8 nitrogen and oxygen atoms in total. The number of ether oxygens (including phenoxy) is 3. The van der Waals surface area contributed by atoms with Gasteiger partial charge in [0.05, 0.1) is 39.0 Å². The quantitative estimate of drug-likeness (QED) is 0.392. The van der Waals surface area contributed by atoms with Crippen molar-refractivity contribution >= 4 is 17.4 Å². The van der Waals surface area contributed by atoms with E-state index in [1.165, 1.54) is 7.11 Å². The van der Waals surface area contributed by atoms with E-state index in [-0.39, 0.29) is 11.3 Å². The highest BCUT2D eigenvalue weighted by Gasteiger charge is 2.46. The van der Waals surface area contributed by atoms with Crippen molar-refractivity contribution in [1.29, 1.82) is 0 Å². The Morgan fingerprint density at radius 2 is 1.70 bits per heavy atom. The molecular weight excluding hydrogens is 424 g/mol. The van der Waals surface area contributed by atoms with Crippen LogP contribution < -0.4 is 9.47 Å². The van der Waals surface area contributed by atoms with Crippen LogP contribution in [0.3, 0.4) is 0 Å². The van der Waals surface area contributed by atoms with Crippen molar-refractivity contribution in [2.45, 2.75) is 6.04 Å². The van der Waals surface area contributed by atoms with Crippen LogP contribution in [0, 0.1) is 0 Å². The van der Waals surface area contributed by atoms with Gasteiger partial charge in [-0.15, -0.1) is 0 Å². The van der Waals surface area contributed by atoms with Gasteiger partial charge in [-0.2, -0.15) is 0 Å². The van der Waals surface area contributed by atoms with Crippen LogP contribution in [0.4, 0.5) is 0 Å². The fourth-order valence-electron chi connectivity index (χ4n) is 4.24. The number of benzene rings is 2. The molecule has 2 aromatic carbocycles. The van der Waals surface area contributed by atoms with Crippen molar-refractivity contribution in [2.75, 3.05) is 53.6 Å². The Labute approximate surface area is 193 Å². The Balaban J connectivity index is 1.74. The maximum Gasteiger partial charge on any atom is 0.295 e. The van der Waals surface area contributed by atoms with Gasteiger partial charge in [-0.05, 0) is 29.8 Å². The number of hydrogen-bond acceptors (Lipinski definition) is 7. The largest absolute Gasteiger partial charge is 0.507 e. The maximum atomic E-state index is 13.1. The van der Waals surface area contributed by atoms with Crippen LogP contribution in [0.25, 0.3) is 5.76 Å². The van der Waals surface area contributed by atoms with Crippen molar-refractivity contribution in [2.24, 2.45) is 0 Å². The Bertz CT molecular complexity index is 1040. The molecule has 0 aliphatic carbocycles. The van der Waals surface area contributed by atoms with E-state index in [1.807, 2.05) is 12.1 Å². The molecule has 8 heteroatoms. The molecule has 2 saturated heterocycles. The summed E-state index contributed by atoms with van der Waals surface area (Å²) in [5.74, 6) is -0.327. The van der Waals surface area contributed by atoms with Gasteiger partial charge in [0, 0.05) is 31.7 Å². The van der Waals surface area contributed by atoms with E-state index in [2.05, 4.69) is 4.90 Å². The average molecular weight is 453 g/mol. The van der Waals surface area contributed by atoms with Crippen molar-refractivity contribution in [3.8, 4) is 11.5 Å². The number of Topliss-reactive ketones (excluding diaryl/α,β-unsaturated/α-hetero) is 1. The number of morpholine rings is 1. The van der Waals surface area contributed by atoms with E-state index in [4.69, 9.17) is 14.2 Å². The number of carbonyl (C=O) groups is 2. The molecular formula is C25H28N2O6. The lowest BCUT2D eigenvalue weighted by Crippen LogP contribution is -2.42. The highest BCUT2D eigenvalue weighted by Crippen LogP contribution is 2.40. The fraction of sp³-hybridized carbons (Fsp3) is 0.360. The molecule has 2 aliphatic rings. The first-order valence-corrected chi connectivity index (χ1v) is 10.9. The Morgan fingerprint density at radius 3 is 2.36 bits per heavy atom. The molecule has 2 fully saturated rings. The third-order valence-corrected chi connectivity index (χ3v) is 6.08. The predicted molar refractivity (Wildman–Crippen MR) is 122 cm³/mol. The lowest BCUT2D eigenvalue weighted by Gasteiger charge is -2.31. The van der Waals surface area contributed by atoms with Crippen molar-refractivity contribution in [3.63, 3.8) is 0 Å². The number of aliphatic hydroxyl groups is 1. The molecule has 0 spiro atoms. The van der Waals surface area contributed by atoms with Gasteiger partial charge in [0.25, 0.3) is 11.7 Å². The zero-order valence-corrected chi connectivity index (χ0v) is 18.8. The number of carbonyl (C=O) groups excluding carboxylic acids is 2. The van der Waals surface area contributed by atoms with E-state index < -0.39 is 17.7 Å². The van der Waals surface area contributed by atoms with Crippen molar-refractivity contribution in [1.82, 2.24) is 9.80 Å². The van der Waals surface area contributed by atoms with Gasteiger partial charge in [0.2, 0.25) is 0 Å².